The van der Waals surface area contributed by atoms with Crippen molar-refractivity contribution in [3.05, 3.63) is 23.7 Å². The second-order valence-electron chi connectivity index (χ2n) is 3.39. The summed E-state index contributed by atoms with van der Waals surface area (Å²) in [6.45, 7) is 4.08. The lowest BCUT2D eigenvalue weighted by Crippen LogP contribution is -2.31. The van der Waals surface area contributed by atoms with E-state index in [1.165, 1.54) is 0 Å². The number of aryl methyl sites for hydroxylation is 1. The Kier molecular flexibility index (Phi) is 4.37. The van der Waals surface area contributed by atoms with Crippen molar-refractivity contribution in [2.24, 2.45) is 0 Å². The monoisotopic (exact) mass is 211 g/mol. The molecule has 1 unspecified atom stereocenters. The lowest BCUT2D eigenvalue weighted by atomic mass is 10.3. The first-order valence-electron chi connectivity index (χ1n) is 5.22. The molecule has 1 aromatic rings. The van der Waals surface area contributed by atoms with Crippen LogP contribution in [0.4, 0.5) is 0 Å². The normalized spacial score (nSPS) is 12.5. The van der Waals surface area contributed by atoms with Gasteiger partial charge in [-0.05, 0) is 18.6 Å². The van der Waals surface area contributed by atoms with E-state index in [0.717, 1.165) is 12.2 Å². The van der Waals surface area contributed by atoms with Crippen LogP contribution in [-0.4, -0.2) is 23.7 Å². The van der Waals surface area contributed by atoms with Gasteiger partial charge in [0.05, 0.1) is 6.10 Å². The van der Waals surface area contributed by atoms with Crippen molar-refractivity contribution in [3.8, 4) is 0 Å². The Morgan fingerprint density at radius 2 is 2.27 bits per heavy atom. The van der Waals surface area contributed by atoms with E-state index >= 15 is 0 Å². The first-order valence-corrected chi connectivity index (χ1v) is 5.22. The molecule has 2 N–H and O–H groups in total. The number of hydrogen-bond donors (Lipinski definition) is 2. The highest BCUT2D eigenvalue weighted by Crippen LogP contribution is 2.07. The third-order valence-corrected chi connectivity index (χ3v) is 2.20. The molecule has 0 aliphatic carbocycles. The van der Waals surface area contributed by atoms with Gasteiger partial charge in [-0.3, -0.25) is 4.79 Å². The molecule has 4 nitrogen and oxygen atoms in total. The van der Waals surface area contributed by atoms with Gasteiger partial charge in [0.1, 0.15) is 5.76 Å². The van der Waals surface area contributed by atoms with Crippen molar-refractivity contribution < 1.29 is 14.3 Å². The zero-order valence-electron chi connectivity index (χ0n) is 9.12. The van der Waals surface area contributed by atoms with Crippen molar-refractivity contribution in [3.63, 3.8) is 0 Å². The molecule has 0 radical (unpaired) electrons. The lowest BCUT2D eigenvalue weighted by molar-refractivity contribution is 0.0885. The maximum atomic E-state index is 11.5. The molecule has 84 valence electrons. The summed E-state index contributed by atoms with van der Waals surface area (Å²) in [4.78, 5) is 11.5. The summed E-state index contributed by atoms with van der Waals surface area (Å²) in [6.07, 6.45) is 0.901. The van der Waals surface area contributed by atoms with E-state index in [4.69, 9.17) is 4.42 Å². The summed E-state index contributed by atoms with van der Waals surface area (Å²) in [5.74, 6) is 0.813. The first kappa shape index (κ1) is 11.8. The molecule has 0 bridgehead atoms. The highest BCUT2D eigenvalue weighted by molar-refractivity contribution is 5.91. The molecule has 4 heteroatoms. The number of rotatable bonds is 5. The highest BCUT2D eigenvalue weighted by Gasteiger charge is 2.11. The van der Waals surface area contributed by atoms with Gasteiger partial charge in [0.2, 0.25) is 0 Å². The fraction of sp³-hybridized carbons (Fsp3) is 0.545. The summed E-state index contributed by atoms with van der Waals surface area (Å²) in [5.41, 5.74) is 0. The Bertz CT molecular complexity index is 319. The van der Waals surface area contributed by atoms with Crippen molar-refractivity contribution in [1.82, 2.24) is 5.32 Å². The maximum Gasteiger partial charge on any atom is 0.287 e. The lowest BCUT2D eigenvalue weighted by Gasteiger charge is -2.07. The first-order chi connectivity index (χ1) is 7.17. The molecule has 15 heavy (non-hydrogen) atoms. The molecule has 1 rings (SSSR count). The Balaban J connectivity index is 2.46. The van der Waals surface area contributed by atoms with Crippen LogP contribution in [0.5, 0.6) is 0 Å². The molecule has 0 aliphatic rings. The number of nitrogens with one attached hydrogen (secondary N) is 1. The fourth-order valence-corrected chi connectivity index (χ4v) is 1.13. The number of aliphatic hydroxyl groups is 1. The average Bonchev–Trinajstić information content (AvgIpc) is 2.73. The molecule has 1 aromatic heterocycles. The number of furan rings is 1. The van der Waals surface area contributed by atoms with Gasteiger partial charge in [0.15, 0.2) is 5.76 Å². The van der Waals surface area contributed by atoms with Gasteiger partial charge >= 0.3 is 0 Å². The van der Waals surface area contributed by atoms with Crippen molar-refractivity contribution >= 4 is 5.91 Å². The topological polar surface area (TPSA) is 62.5 Å². The standard InChI is InChI=1S/C11H17NO3/c1-3-8(13)7-12-11(14)10-6-5-9(4-2)15-10/h5-6,8,13H,3-4,7H2,1-2H3,(H,12,14). The van der Waals surface area contributed by atoms with Crippen LogP contribution < -0.4 is 5.32 Å². The molecule has 0 aromatic carbocycles. The molecule has 0 saturated heterocycles. The predicted octanol–water partition coefficient (Wildman–Crippen LogP) is 1.34. The van der Waals surface area contributed by atoms with E-state index in [0.29, 0.717) is 12.2 Å². The SMILES string of the molecule is CCc1ccc(C(=O)NCC(O)CC)o1. The molecule has 0 spiro atoms. The Labute approximate surface area is 89.3 Å². The van der Waals surface area contributed by atoms with Crippen molar-refractivity contribution in [1.29, 1.82) is 0 Å². The van der Waals surface area contributed by atoms with Gasteiger partial charge in [-0.25, -0.2) is 0 Å². The maximum absolute atomic E-state index is 11.5. The van der Waals surface area contributed by atoms with E-state index in [1.54, 1.807) is 12.1 Å². The van der Waals surface area contributed by atoms with Gasteiger partial charge in [0.25, 0.3) is 5.91 Å². The van der Waals surface area contributed by atoms with Crippen LogP contribution >= 0.6 is 0 Å². The molecule has 1 amide bonds. The molecule has 1 atom stereocenters. The van der Waals surface area contributed by atoms with Crippen LogP contribution in [0.15, 0.2) is 16.5 Å². The summed E-state index contributed by atoms with van der Waals surface area (Å²) in [6, 6.07) is 3.43. The summed E-state index contributed by atoms with van der Waals surface area (Å²) in [5, 5.41) is 11.9. The molecule has 0 fully saturated rings. The van der Waals surface area contributed by atoms with Crippen LogP contribution in [0.25, 0.3) is 0 Å². The summed E-state index contributed by atoms with van der Waals surface area (Å²) >= 11 is 0. The number of hydrogen-bond acceptors (Lipinski definition) is 3. The Morgan fingerprint density at radius 3 is 2.80 bits per heavy atom. The van der Waals surface area contributed by atoms with Crippen LogP contribution in [-0.2, 0) is 6.42 Å². The van der Waals surface area contributed by atoms with Crippen LogP contribution in [0, 0.1) is 0 Å². The zero-order valence-corrected chi connectivity index (χ0v) is 9.12. The largest absolute Gasteiger partial charge is 0.456 e. The van der Waals surface area contributed by atoms with Crippen LogP contribution in [0.1, 0.15) is 36.6 Å². The van der Waals surface area contributed by atoms with E-state index in [2.05, 4.69) is 5.32 Å². The number of amides is 1. The number of aliphatic hydroxyl groups excluding tert-OH is 1. The number of carbonyl (C=O) groups is 1. The van der Waals surface area contributed by atoms with E-state index < -0.39 is 6.10 Å². The van der Waals surface area contributed by atoms with Crippen molar-refractivity contribution in [2.75, 3.05) is 6.54 Å². The third kappa shape index (κ3) is 3.40. The second-order valence-corrected chi connectivity index (χ2v) is 3.39. The van der Waals surface area contributed by atoms with Gasteiger partial charge < -0.3 is 14.8 Å². The fourth-order valence-electron chi connectivity index (χ4n) is 1.13. The second kappa shape index (κ2) is 5.56. The van der Waals surface area contributed by atoms with Gasteiger partial charge in [-0.1, -0.05) is 13.8 Å². The van der Waals surface area contributed by atoms with Crippen LogP contribution in [0.3, 0.4) is 0 Å². The molecule has 1 heterocycles. The molecular weight excluding hydrogens is 194 g/mol. The third-order valence-electron chi connectivity index (χ3n) is 2.20. The van der Waals surface area contributed by atoms with E-state index in [1.807, 2.05) is 13.8 Å². The minimum atomic E-state index is -0.491. The average molecular weight is 211 g/mol. The molecule has 0 aliphatic heterocycles. The predicted molar refractivity (Wildman–Crippen MR) is 56.7 cm³/mol. The number of carbonyl (C=O) groups excluding carboxylic acids is 1. The van der Waals surface area contributed by atoms with E-state index in [-0.39, 0.29) is 12.5 Å². The van der Waals surface area contributed by atoms with E-state index in [9.17, 15) is 9.90 Å². The van der Waals surface area contributed by atoms with Gasteiger partial charge in [-0.2, -0.15) is 0 Å². The molecule has 0 saturated carbocycles. The smallest absolute Gasteiger partial charge is 0.287 e. The van der Waals surface area contributed by atoms with Crippen molar-refractivity contribution in [2.45, 2.75) is 32.8 Å². The van der Waals surface area contributed by atoms with Crippen LogP contribution in [0.2, 0.25) is 0 Å². The summed E-state index contributed by atoms with van der Waals surface area (Å²) < 4.78 is 5.27. The van der Waals surface area contributed by atoms with Gasteiger partial charge in [0, 0.05) is 13.0 Å². The zero-order chi connectivity index (χ0) is 11.3. The Hall–Kier alpha value is -1.29. The Morgan fingerprint density at radius 1 is 1.53 bits per heavy atom. The van der Waals surface area contributed by atoms with Gasteiger partial charge in [-0.15, -0.1) is 0 Å². The summed E-state index contributed by atoms with van der Waals surface area (Å²) in [7, 11) is 0. The highest BCUT2D eigenvalue weighted by atomic mass is 16.3. The minimum absolute atomic E-state index is 0.261. The molecular formula is C11H17NO3. The quantitative estimate of drug-likeness (QED) is 0.772. The minimum Gasteiger partial charge on any atom is -0.456 e.